The number of carbonyl (C=O) groups excluding carboxylic acids is 2. The van der Waals surface area contributed by atoms with E-state index in [0.717, 1.165) is 5.56 Å². The van der Waals surface area contributed by atoms with Gasteiger partial charge in [0.25, 0.3) is 11.8 Å². The quantitative estimate of drug-likeness (QED) is 0.505. The summed E-state index contributed by atoms with van der Waals surface area (Å²) in [5, 5.41) is 5.32. The lowest BCUT2D eigenvalue weighted by molar-refractivity contribution is -0.118. The van der Waals surface area contributed by atoms with Crippen LogP contribution in [0.2, 0.25) is 0 Å². The molecule has 3 rings (SSSR count). The molecule has 0 spiro atoms. The van der Waals surface area contributed by atoms with Crippen LogP contribution in [0.15, 0.2) is 66.7 Å². The van der Waals surface area contributed by atoms with Crippen molar-refractivity contribution >= 4 is 23.2 Å². The van der Waals surface area contributed by atoms with Gasteiger partial charge in [0.05, 0.1) is 24.0 Å². The first-order valence-electron chi connectivity index (χ1n) is 10.4. The van der Waals surface area contributed by atoms with Crippen LogP contribution >= 0.6 is 0 Å². The molecule has 0 aromatic heterocycles. The van der Waals surface area contributed by atoms with Crippen LogP contribution in [0.5, 0.6) is 11.5 Å². The second-order valence-corrected chi connectivity index (χ2v) is 8.43. The normalized spacial score (nSPS) is 10.9. The lowest BCUT2D eigenvalue weighted by Gasteiger charge is -2.21. The molecule has 2 amide bonds. The average molecular weight is 451 g/mol. The van der Waals surface area contributed by atoms with Crippen LogP contribution < -0.4 is 20.1 Å². The zero-order valence-electron chi connectivity index (χ0n) is 19.1. The standard InChI is InChI=1S/C26H27FN2O4/c1-26(2,3)17-13-14-23(32-4)21(15-17)29-25(31)18-9-5-8-12-22(18)33-16-24(30)28-20-11-7-6-10-19(20)27/h5-15H,16H2,1-4H3,(H,28,30)(H,29,31). The van der Waals surface area contributed by atoms with E-state index in [1.807, 2.05) is 18.2 Å². The summed E-state index contributed by atoms with van der Waals surface area (Å²) < 4.78 is 24.7. The lowest BCUT2D eigenvalue weighted by Crippen LogP contribution is -2.22. The van der Waals surface area contributed by atoms with Crippen LogP contribution in [-0.4, -0.2) is 25.5 Å². The number of methoxy groups -OCH3 is 1. The number of ether oxygens (including phenoxy) is 2. The third-order valence-electron chi connectivity index (χ3n) is 4.95. The summed E-state index contributed by atoms with van der Waals surface area (Å²) in [6.07, 6.45) is 0. The summed E-state index contributed by atoms with van der Waals surface area (Å²) in [7, 11) is 1.53. The molecule has 0 aliphatic heterocycles. The number of benzene rings is 3. The number of nitrogens with one attached hydrogen (secondary N) is 2. The van der Waals surface area contributed by atoms with Gasteiger partial charge < -0.3 is 20.1 Å². The third-order valence-corrected chi connectivity index (χ3v) is 4.95. The van der Waals surface area contributed by atoms with Crippen LogP contribution in [0.4, 0.5) is 15.8 Å². The molecule has 7 heteroatoms. The second kappa shape index (κ2) is 10.2. The van der Waals surface area contributed by atoms with E-state index in [9.17, 15) is 14.0 Å². The zero-order valence-corrected chi connectivity index (χ0v) is 19.1. The number of amides is 2. The smallest absolute Gasteiger partial charge is 0.262 e. The van der Waals surface area contributed by atoms with Crippen molar-refractivity contribution < 1.29 is 23.5 Å². The Hall–Kier alpha value is -3.87. The van der Waals surface area contributed by atoms with E-state index >= 15 is 0 Å². The molecule has 0 atom stereocenters. The SMILES string of the molecule is COc1ccc(C(C)(C)C)cc1NC(=O)c1ccccc1OCC(=O)Nc1ccccc1F. The van der Waals surface area contributed by atoms with Crippen LogP contribution in [0, 0.1) is 5.82 Å². The van der Waals surface area contributed by atoms with Gasteiger partial charge in [0.2, 0.25) is 0 Å². The minimum Gasteiger partial charge on any atom is -0.495 e. The average Bonchev–Trinajstić information content (AvgIpc) is 2.78. The van der Waals surface area contributed by atoms with E-state index in [2.05, 4.69) is 31.4 Å². The Kier molecular flexibility index (Phi) is 7.33. The van der Waals surface area contributed by atoms with Gasteiger partial charge in [0.1, 0.15) is 17.3 Å². The van der Waals surface area contributed by atoms with E-state index in [1.54, 1.807) is 30.3 Å². The fourth-order valence-electron chi connectivity index (χ4n) is 3.13. The van der Waals surface area contributed by atoms with E-state index < -0.39 is 17.6 Å². The van der Waals surface area contributed by atoms with Crippen molar-refractivity contribution in [3.05, 3.63) is 83.7 Å². The van der Waals surface area contributed by atoms with E-state index in [1.165, 1.54) is 25.3 Å². The molecule has 0 aliphatic rings. The molecule has 0 saturated carbocycles. The molecule has 0 unspecified atom stereocenters. The molecule has 0 heterocycles. The summed E-state index contributed by atoms with van der Waals surface area (Å²) in [6.45, 7) is 5.85. The van der Waals surface area contributed by atoms with Crippen LogP contribution in [0.1, 0.15) is 36.7 Å². The minimum atomic E-state index is -0.546. The molecular weight excluding hydrogens is 423 g/mol. The highest BCUT2D eigenvalue weighted by Gasteiger charge is 2.19. The largest absolute Gasteiger partial charge is 0.495 e. The van der Waals surface area contributed by atoms with Crippen molar-refractivity contribution in [2.75, 3.05) is 24.4 Å². The Balaban J connectivity index is 1.74. The van der Waals surface area contributed by atoms with Crippen molar-refractivity contribution in [2.24, 2.45) is 0 Å². The maximum absolute atomic E-state index is 13.7. The van der Waals surface area contributed by atoms with Crippen molar-refractivity contribution in [3.63, 3.8) is 0 Å². The Morgan fingerprint density at radius 2 is 1.58 bits per heavy atom. The number of hydrogen-bond donors (Lipinski definition) is 2. The van der Waals surface area contributed by atoms with Gasteiger partial charge in [-0.25, -0.2) is 4.39 Å². The fraction of sp³-hybridized carbons (Fsp3) is 0.231. The number of anilines is 2. The summed E-state index contributed by atoms with van der Waals surface area (Å²) in [5.41, 5.74) is 1.76. The van der Waals surface area contributed by atoms with Gasteiger partial charge in [-0.2, -0.15) is 0 Å². The number of hydrogen-bond acceptors (Lipinski definition) is 4. The molecule has 3 aromatic carbocycles. The minimum absolute atomic E-state index is 0.0583. The van der Waals surface area contributed by atoms with Gasteiger partial charge in [-0.1, -0.05) is 51.1 Å². The maximum Gasteiger partial charge on any atom is 0.262 e. The highest BCUT2D eigenvalue weighted by Crippen LogP contribution is 2.32. The summed E-state index contributed by atoms with van der Waals surface area (Å²) in [6, 6.07) is 18.1. The van der Waals surface area contributed by atoms with E-state index in [-0.39, 0.29) is 29.0 Å². The highest BCUT2D eigenvalue weighted by atomic mass is 19.1. The molecule has 3 aromatic rings. The Bertz CT molecular complexity index is 1160. The lowest BCUT2D eigenvalue weighted by atomic mass is 9.87. The zero-order chi connectivity index (χ0) is 24.0. The fourth-order valence-corrected chi connectivity index (χ4v) is 3.13. The molecule has 0 saturated heterocycles. The molecule has 2 N–H and O–H groups in total. The first kappa shape index (κ1) is 23.8. The predicted octanol–water partition coefficient (Wildman–Crippen LogP) is 5.40. The Morgan fingerprint density at radius 3 is 2.27 bits per heavy atom. The third kappa shape index (κ3) is 6.10. The van der Waals surface area contributed by atoms with Crippen LogP contribution in [0.3, 0.4) is 0 Å². The molecule has 0 radical (unpaired) electrons. The molecule has 6 nitrogen and oxygen atoms in total. The molecule has 172 valence electrons. The van der Waals surface area contributed by atoms with Gasteiger partial charge >= 0.3 is 0 Å². The monoisotopic (exact) mass is 450 g/mol. The van der Waals surface area contributed by atoms with Gasteiger partial charge in [0.15, 0.2) is 6.61 Å². The summed E-state index contributed by atoms with van der Waals surface area (Å²) >= 11 is 0. The number of para-hydroxylation sites is 2. The maximum atomic E-state index is 13.7. The van der Waals surface area contributed by atoms with Gasteiger partial charge in [-0.3, -0.25) is 9.59 Å². The first-order valence-corrected chi connectivity index (χ1v) is 10.4. The topological polar surface area (TPSA) is 76.7 Å². The highest BCUT2D eigenvalue weighted by molar-refractivity contribution is 6.07. The molecule has 0 aliphatic carbocycles. The number of carbonyl (C=O) groups is 2. The summed E-state index contributed by atoms with van der Waals surface area (Å²) in [4.78, 5) is 25.3. The van der Waals surface area contributed by atoms with Gasteiger partial charge in [-0.05, 0) is 47.4 Å². The first-order chi connectivity index (χ1) is 15.7. The Morgan fingerprint density at radius 1 is 0.879 bits per heavy atom. The number of rotatable bonds is 7. The molecular formula is C26H27FN2O4. The summed E-state index contributed by atoms with van der Waals surface area (Å²) in [5.74, 6) is -0.750. The molecule has 33 heavy (non-hydrogen) atoms. The van der Waals surface area contributed by atoms with Crippen LogP contribution in [-0.2, 0) is 10.2 Å². The van der Waals surface area contributed by atoms with E-state index in [0.29, 0.717) is 11.4 Å². The van der Waals surface area contributed by atoms with Crippen molar-refractivity contribution in [3.8, 4) is 11.5 Å². The van der Waals surface area contributed by atoms with Gasteiger partial charge in [-0.15, -0.1) is 0 Å². The van der Waals surface area contributed by atoms with E-state index in [4.69, 9.17) is 9.47 Å². The molecule has 0 fully saturated rings. The van der Waals surface area contributed by atoms with Crippen molar-refractivity contribution in [2.45, 2.75) is 26.2 Å². The Labute approximate surface area is 192 Å². The van der Waals surface area contributed by atoms with Crippen LogP contribution in [0.25, 0.3) is 0 Å². The predicted molar refractivity (Wildman–Crippen MR) is 127 cm³/mol. The second-order valence-electron chi connectivity index (χ2n) is 8.43. The van der Waals surface area contributed by atoms with Gasteiger partial charge in [0, 0.05) is 0 Å². The van der Waals surface area contributed by atoms with Crippen molar-refractivity contribution in [1.82, 2.24) is 0 Å². The molecule has 0 bridgehead atoms. The van der Waals surface area contributed by atoms with Crippen molar-refractivity contribution in [1.29, 1.82) is 0 Å². The number of halogens is 1.